The molecule has 0 amide bonds. The quantitative estimate of drug-likeness (QED) is 0.137. The Bertz CT molecular complexity index is 2650. The van der Waals surface area contributed by atoms with Crippen LogP contribution in [0.15, 0.2) is 179 Å². The van der Waals surface area contributed by atoms with E-state index < -0.39 is 23.2 Å². The summed E-state index contributed by atoms with van der Waals surface area (Å²) in [6, 6.07) is 61.8. The molecular weight excluding hydrogens is 867 g/mol. The molecule has 0 fully saturated rings. The molecule has 0 saturated carbocycles. The summed E-state index contributed by atoms with van der Waals surface area (Å²) in [6.45, 7) is 9.03. The van der Waals surface area contributed by atoms with Gasteiger partial charge in [0.25, 0.3) is 0 Å². The molecule has 6 aromatic carbocycles. The topological polar surface area (TPSA) is 26.3 Å². The molecular formula is C56H46Cl2O2Zr. The molecule has 0 N–H and O–H groups in total. The fraction of sp³-hybridized carbons (Fsp3) is 0.143. The van der Waals surface area contributed by atoms with Crippen molar-refractivity contribution in [3.63, 3.8) is 0 Å². The smallest absolute Gasteiger partial charge is 1.00 e. The predicted molar refractivity (Wildman–Crippen MR) is 241 cm³/mol. The maximum absolute atomic E-state index is 6.83. The summed E-state index contributed by atoms with van der Waals surface area (Å²) in [5.41, 5.74) is 18.0. The van der Waals surface area contributed by atoms with Crippen LogP contribution in [0.1, 0.15) is 91.7 Å². The van der Waals surface area contributed by atoms with Crippen LogP contribution in [0.4, 0.5) is 0 Å². The Hall–Kier alpha value is -5.18. The Balaban J connectivity index is 0.00000257. The van der Waals surface area contributed by atoms with Gasteiger partial charge in [-0.3, -0.25) is 0 Å². The van der Waals surface area contributed by atoms with E-state index in [2.05, 4.69) is 210 Å². The van der Waals surface area contributed by atoms with Gasteiger partial charge in [-0.1, -0.05) is 0 Å². The number of furan rings is 2. The van der Waals surface area contributed by atoms with Gasteiger partial charge in [0.2, 0.25) is 0 Å². The van der Waals surface area contributed by atoms with Gasteiger partial charge in [0.1, 0.15) is 0 Å². The molecule has 0 saturated heterocycles. The van der Waals surface area contributed by atoms with Gasteiger partial charge in [-0.25, -0.2) is 0 Å². The standard InChI is InChI=1S/2C28H23O.2ClH.Zr/c2*1-19(2)20-11-13-21(14-12-20)25-10-6-9-23-17-24(18-26(23)25)28-16-15-27(29-28)22-7-4-3-5-8-22;;;/h2*3-19H,1-2H3;2*1H;/q;;;;+2/p-2. The summed E-state index contributed by atoms with van der Waals surface area (Å²) in [7, 11) is 0. The molecule has 300 valence electrons. The van der Waals surface area contributed by atoms with Gasteiger partial charge in [0.05, 0.1) is 0 Å². The maximum Gasteiger partial charge on any atom is -1.00 e. The third-order valence-corrected chi connectivity index (χ3v) is 16.8. The second-order valence-electron chi connectivity index (χ2n) is 16.5. The first-order valence-corrected chi connectivity index (χ1v) is 23.7. The van der Waals surface area contributed by atoms with Crippen LogP contribution in [0, 0.1) is 0 Å². The number of benzene rings is 6. The average molecular weight is 913 g/mol. The minimum atomic E-state index is -1.45. The molecule has 0 aliphatic heterocycles. The number of halogens is 2. The van der Waals surface area contributed by atoms with E-state index in [0.29, 0.717) is 11.8 Å². The zero-order valence-corrected chi connectivity index (χ0v) is 38.7. The predicted octanol–water partition coefficient (Wildman–Crippen LogP) is 9.77. The zero-order valence-electron chi connectivity index (χ0n) is 34.7. The maximum atomic E-state index is 6.83. The summed E-state index contributed by atoms with van der Waals surface area (Å²) in [5.74, 6) is 4.69. The molecule has 2 aliphatic carbocycles. The minimum Gasteiger partial charge on any atom is -1.00 e. The average Bonchev–Trinajstić information content (AvgIpc) is 4.10. The third kappa shape index (κ3) is 8.17. The molecule has 2 heterocycles. The van der Waals surface area contributed by atoms with Crippen LogP contribution in [-0.2, 0) is 23.2 Å². The number of hydrogen-bond acceptors (Lipinski definition) is 2. The molecule has 2 aliphatic rings. The van der Waals surface area contributed by atoms with Gasteiger partial charge < -0.3 is 24.8 Å². The van der Waals surface area contributed by atoms with Gasteiger partial charge >= 0.3 is 362 Å². The SMILES string of the molecule is CC(C)c1ccc(-c2cccc3c2C=C(c2ccc(-c4ccccc4)o2)[CH]3[Zr+2][CH]2C(c3ccc(-c4ccccc4)o3)=Cc3c(-c4ccc(C(C)C)cc4)cccc32)cc1.[Cl-].[Cl-]. The van der Waals surface area contributed by atoms with Gasteiger partial charge in [-0.05, 0) is 0 Å². The zero-order chi connectivity index (χ0) is 40.0. The Morgan fingerprint density at radius 2 is 0.754 bits per heavy atom. The van der Waals surface area contributed by atoms with E-state index >= 15 is 0 Å². The largest absolute Gasteiger partial charge is 1.00 e. The molecule has 2 atom stereocenters. The van der Waals surface area contributed by atoms with Gasteiger partial charge in [-0.2, -0.15) is 0 Å². The summed E-state index contributed by atoms with van der Waals surface area (Å²) < 4.78 is 14.2. The second-order valence-corrected chi connectivity index (χ2v) is 20.1. The third-order valence-electron chi connectivity index (χ3n) is 12.1. The van der Waals surface area contributed by atoms with Crippen LogP contribution in [0.2, 0.25) is 0 Å². The van der Waals surface area contributed by atoms with Crippen molar-refractivity contribution in [1.29, 1.82) is 0 Å². The van der Waals surface area contributed by atoms with E-state index in [1.165, 1.54) is 66.8 Å². The van der Waals surface area contributed by atoms with Crippen molar-refractivity contribution in [3.8, 4) is 44.9 Å². The van der Waals surface area contributed by atoms with Crippen molar-refractivity contribution in [3.05, 3.63) is 215 Å². The number of rotatable bonds is 10. The molecule has 5 heteroatoms. The Labute approximate surface area is 383 Å². The van der Waals surface area contributed by atoms with Crippen LogP contribution >= 0.6 is 0 Å². The second kappa shape index (κ2) is 18.0. The van der Waals surface area contributed by atoms with Crippen LogP contribution in [-0.4, -0.2) is 0 Å². The first-order chi connectivity index (χ1) is 28.9. The molecule has 2 aromatic heterocycles. The Morgan fingerprint density at radius 3 is 1.13 bits per heavy atom. The molecule has 2 unspecified atom stereocenters. The molecule has 61 heavy (non-hydrogen) atoms. The van der Waals surface area contributed by atoms with Crippen molar-refractivity contribution >= 4 is 23.3 Å². The molecule has 2 nitrogen and oxygen atoms in total. The van der Waals surface area contributed by atoms with Crippen LogP contribution in [0.5, 0.6) is 0 Å². The van der Waals surface area contributed by atoms with E-state index in [1.807, 2.05) is 0 Å². The molecule has 0 radical (unpaired) electrons. The fourth-order valence-electron chi connectivity index (χ4n) is 8.86. The van der Waals surface area contributed by atoms with Gasteiger partial charge in [0.15, 0.2) is 0 Å². The molecule has 0 bridgehead atoms. The van der Waals surface area contributed by atoms with Crippen LogP contribution in [0.25, 0.3) is 68.2 Å². The van der Waals surface area contributed by atoms with Crippen molar-refractivity contribution < 1.29 is 56.9 Å². The summed E-state index contributed by atoms with van der Waals surface area (Å²) in [5, 5.41) is 0. The van der Waals surface area contributed by atoms with E-state index in [9.17, 15) is 0 Å². The van der Waals surface area contributed by atoms with Gasteiger partial charge in [0, 0.05) is 0 Å². The minimum absolute atomic E-state index is 0. The summed E-state index contributed by atoms with van der Waals surface area (Å²) >= 11 is -1.45. The van der Waals surface area contributed by atoms with Crippen LogP contribution < -0.4 is 24.8 Å². The number of allylic oxidation sites excluding steroid dienone is 2. The monoisotopic (exact) mass is 910 g/mol. The van der Waals surface area contributed by atoms with Crippen molar-refractivity contribution in [1.82, 2.24) is 0 Å². The van der Waals surface area contributed by atoms with E-state index in [0.717, 1.165) is 34.2 Å². The van der Waals surface area contributed by atoms with Crippen molar-refractivity contribution in [2.24, 2.45) is 0 Å². The number of hydrogen-bond donors (Lipinski definition) is 0. The summed E-state index contributed by atoms with van der Waals surface area (Å²) in [6.07, 6.45) is 4.90. The Kier molecular flexibility index (Phi) is 12.6. The molecule has 10 rings (SSSR count). The fourth-order valence-corrected chi connectivity index (χ4v) is 13.8. The van der Waals surface area contributed by atoms with E-state index in [4.69, 9.17) is 8.83 Å². The van der Waals surface area contributed by atoms with Crippen LogP contribution in [0.3, 0.4) is 0 Å². The van der Waals surface area contributed by atoms with E-state index in [-0.39, 0.29) is 32.1 Å². The Morgan fingerprint density at radius 1 is 0.377 bits per heavy atom. The first kappa shape index (κ1) is 42.5. The molecule has 0 spiro atoms. The van der Waals surface area contributed by atoms with Crippen molar-refractivity contribution in [2.75, 3.05) is 0 Å². The summed E-state index contributed by atoms with van der Waals surface area (Å²) in [4.78, 5) is 0. The van der Waals surface area contributed by atoms with Crippen molar-refractivity contribution in [2.45, 2.75) is 46.8 Å². The van der Waals surface area contributed by atoms with Gasteiger partial charge in [-0.15, -0.1) is 0 Å². The number of fused-ring (bicyclic) bond motifs is 2. The normalized spacial score (nSPS) is 15.0. The molecule has 8 aromatic rings. The van der Waals surface area contributed by atoms with E-state index in [1.54, 1.807) is 0 Å². The first-order valence-electron chi connectivity index (χ1n) is 20.9.